The number of methoxy groups -OCH3 is 1. The third kappa shape index (κ3) is 3.20. The van der Waals surface area contributed by atoms with E-state index >= 15 is 0 Å². The first-order valence-corrected chi connectivity index (χ1v) is 8.63. The Balaban J connectivity index is 1.61. The molecule has 1 aliphatic rings. The number of carbonyl (C=O) groups is 1. The van der Waals surface area contributed by atoms with E-state index in [0.717, 1.165) is 24.2 Å². The van der Waals surface area contributed by atoms with Gasteiger partial charge in [0.2, 0.25) is 0 Å². The largest absolute Gasteiger partial charge is 0.497 e. The maximum Gasteiger partial charge on any atom is 0.287 e. The van der Waals surface area contributed by atoms with Crippen LogP contribution in [0, 0.1) is 5.92 Å². The summed E-state index contributed by atoms with van der Waals surface area (Å²) in [4.78, 5) is 24.9. The Morgan fingerprint density at radius 3 is 2.58 bits per heavy atom. The third-order valence-corrected chi connectivity index (χ3v) is 4.71. The molecule has 1 aliphatic carbocycles. The third-order valence-electron chi connectivity index (χ3n) is 4.71. The van der Waals surface area contributed by atoms with E-state index in [2.05, 4.69) is 5.32 Å². The molecule has 26 heavy (non-hydrogen) atoms. The first-order chi connectivity index (χ1) is 12.7. The highest BCUT2D eigenvalue weighted by Gasteiger charge is 2.34. The van der Waals surface area contributed by atoms with E-state index in [4.69, 9.17) is 9.15 Å². The summed E-state index contributed by atoms with van der Waals surface area (Å²) in [5, 5.41) is 3.50. The number of hydrogen-bond acceptors (Lipinski definition) is 4. The molecular weight excluding hydrogens is 330 g/mol. The minimum Gasteiger partial charge on any atom is -0.497 e. The lowest BCUT2D eigenvalue weighted by Crippen LogP contribution is -2.30. The van der Waals surface area contributed by atoms with Crippen LogP contribution in [0.15, 0.2) is 63.8 Å². The van der Waals surface area contributed by atoms with Gasteiger partial charge in [-0.3, -0.25) is 9.59 Å². The lowest BCUT2D eigenvalue weighted by Gasteiger charge is -2.19. The number of hydrogen-bond donors (Lipinski definition) is 1. The van der Waals surface area contributed by atoms with E-state index in [-0.39, 0.29) is 23.1 Å². The molecule has 1 heterocycles. The predicted molar refractivity (Wildman–Crippen MR) is 98.4 cm³/mol. The zero-order chi connectivity index (χ0) is 18.1. The van der Waals surface area contributed by atoms with Gasteiger partial charge in [0.15, 0.2) is 11.2 Å². The maximum atomic E-state index is 12.7. The van der Waals surface area contributed by atoms with Gasteiger partial charge in [0.25, 0.3) is 5.91 Å². The van der Waals surface area contributed by atoms with Gasteiger partial charge in [-0.05, 0) is 48.6 Å². The van der Waals surface area contributed by atoms with E-state index < -0.39 is 0 Å². The number of rotatable bonds is 5. The van der Waals surface area contributed by atoms with Crippen LogP contribution in [-0.4, -0.2) is 13.0 Å². The fraction of sp³-hybridized carbons (Fsp3) is 0.238. The SMILES string of the molecule is COc1ccc(C(NC(=O)c2cc(=O)c3ccccc3o2)C2CC2)cc1. The fourth-order valence-corrected chi connectivity index (χ4v) is 3.14. The van der Waals surface area contributed by atoms with Gasteiger partial charge in [0.05, 0.1) is 18.5 Å². The molecule has 1 fully saturated rings. The van der Waals surface area contributed by atoms with Gasteiger partial charge >= 0.3 is 0 Å². The zero-order valence-corrected chi connectivity index (χ0v) is 14.4. The Labute approximate surface area is 150 Å². The highest BCUT2D eigenvalue weighted by molar-refractivity contribution is 5.93. The van der Waals surface area contributed by atoms with Crippen LogP contribution >= 0.6 is 0 Å². The highest BCUT2D eigenvalue weighted by Crippen LogP contribution is 2.41. The van der Waals surface area contributed by atoms with Crippen molar-refractivity contribution in [2.75, 3.05) is 7.11 Å². The van der Waals surface area contributed by atoms with Crippen molar-refractivity contribution in [1.82, 2.24) is 5.32 Å². The summed E-state index contributed by atoms with van der Waals surface area (Å²) in [5.74, 6) is 0.836. The molecule has 0 bridgehead atoms. The molecular formula is C21H19NO4. The van der Waals surface area contributed by atoms with E-state index in [0.29, 0.717) is 16.9 Å². The summed E-state index contributed by atoms with van der Waals surface area (Å²) >= 11 is 0. The van der Waals surface area contributed by atoms with Crippen molar-refractivity contribution in [3.8, 4) is 5.75 Å². The second-order valence-corrected chi connectivity index (χ2v) is 6.53. The Morgan fingerprint density at radius 1 is 1.15 bits per heavy atom. The first kappa shape index (κ1) is 16.4. The standard InChI is InChI=1S/C21H19NO4/c1-25-15-10-8-14(9-11-15)20(13-6-7-13)22-21(24)19-12-17(23)16-4-2-3-5-18(16)26-19/h2-5,8-13,20H,6-7H2,1H3,(H,22,24). The van der Waals surface area contributed by atoms with E-state index in [1.54, 1.807) is 31.4 Å². The average Bonchev–Trinajstić information content (AvgIpc) is 3.51. The predicted octanol–water partition coefficient (Wildman–Crippen LogP) is 3.68. The molecule has 0 aliphatic heterocycles. The first-order valence-electron chi connectivity index (χ1n) is 8.63. The summed E-state index contributed by atoms with van der Waals surface area (Å²) in [6, 6.07) is 15.8. The second kappa shape index (κ2) is 6.67. The van der Waals surface area contributed by atoms with Crippen molar-refractivity contribution in [1.29, 1.82) is 0 Å². The second-order valence-electron chi connectivity index (χ2n) is 6.53. The van der Waals surface area contributed by atoms with Gasteiger partial charge in [-0.1, -0.05) is 24.3 Å². The van der Waals surface area contributed by atoms with Gasteiger partial charge < -0.3 is 14.5 Å². The molecule has 5 nitrogen and oxygen atoms in total. The Morgan fingerprint density at radius 2 is 1.88 bits per heavy atom. The highest BCUT2D eigenvalue weighted by atomic mass is 16.5. The smallest absolute Gasteiger partial charge is 0.287 e. The lowest BCUT2D eigenvalue weighted by molar-refractivity contribution is 0.0904. The zero-order valence-electron chi connectivity index (χ0n) is 14.4. The van der Waals surface area contributed by atoms with Crippen LogP contribution in [0.5, 0.6) is 5.75 Å². The molecule has 1 N–H and O–H groups in total. The van der Waals surface area contributed by atoms with Crippen molar-refractivity contribution in [2.24, 2.45) is 5.92 Å². The molecule has 5 heteroatoms. The number of para-hydroxylation sites is 1. The van der Waals surface area contributed by atoms with Crippen molar-refractivity contribution >= 4 is 16.9 Å². The summed E-state index contributed by atoms with van der Waals surface area (Å²) in [6.45, 7) is 0. The van der Waals surface area contributed by atoms with Crippen LogP contribution in [0.25, 0.3) is 11.0 Å². The summed E-state index contributed by atoms with van der Waals surface area (Å²) in [5.41, 5.74) is 1.21. The minimum absolute atomic E-state index is 0.0351. The molecule has 1 amide bonds. The number of fused-ring (bicyclic) bond motifs is 1. The topological polar surface area (TPSA) is 68.5 Å². The lowest BCUT2D eigenvalue weighted by atomic mass is 10.0. The number of ether oxygens (including phenoxy) is 1. The van der Waals surface area contributed by atoms with Gasteiger partial charge in [-0.15, -0.1) is 0 Å². The van der Waals surface area contributed by atoms with Gasteiger partial charge in [-0.2, -0.15) is 0 Å². The van der Waals surface area contributed by atoms with Crippen LogP contribution in [0.3, 0.4) is 0 Å². The molecule has 2 aromatic carbocycles. The molecule has 1 unspecified atom stereocenters. The number of benzene rings is 2. The van der Waals surface area contributed by atoms with Crippen molar-refractivity contribution in [2.45, 2.75) is 18.9 Å². The van der Waals surface area contributed by atoms with Gasteiger partial charge in [0.1, 0.15) is 11.3 Å². The van der Waals surface area contributed by atoms with Gasteiger partial charge in [0, 0.05) is 6.07 Å². The van der Waals surface area contributed by atoms with E-state index in [1.807, 2.05) is 24.3 Å². The average molecular weight is 349 g/mol. The Kier molecular flexibility index (Phi) is 4.21. The summed E-state index contributed by atoms with van der Waals surface area (Å²) in [7, 11) is 1.62. The summed E-state index contributed by atoms with van der Waals surface area (Å²) < 4.78 is 10.8. The van der Waals surface area contributed by atoms with Crippen molar-refractivity contribution < 1.29 is 13.9 Å². The molecule has 3 aromatic rings. The van der Waals surface area contributed by atoms with Gasteiger partial charge in [-0.25, -0.2) is 0 Å². The molecule has 0 spiro atoms. The monoisotopic (exact) mass is 349 g/mol. The molecule has 4 rings (SSSR count). The Hall–Kier alpha value is -3.08. The summed E-state index contributed by atoms with van der Waals surface area (Å²) in [6.07, 6.45) is 2.14. The molecule has 0 saturated heterocycles. The molecule has 1 atom stereocenters. The molecule has 1 aromatic heterocycles. The van der Waals surface area contributed by atoms with Crippen LogP contribution in [0.4, 0.5) is 0 Å². The quantitative estimate of drug-likeness (QED) is 0.763. The van der Waals surface area contributed by atoms with Crippen LogP contribution in [0.2, 0.25) is 0 Å². The van der Waals surface area contributed by atoms with E-state index in [1.165, 1.54) is 6.07 Å². The number of carbonyl (C=O) groups excluding carboxylic acids is 1. The Bertz CT molecular complexity index is 1000. The molecule has 1 saturated carbocycles. The molecule has 0 radical (unpaired) electrons. The fourth-order valence-electron chi connectivity index (χ4n) is 3.14. The van der Waals surface area contributed by atoms with E-state index in [9.17, 15) is 9.59 Å². The van der Waals surface area contributed by atoms with Crippen LogP contribution in [0.1, 0.15) is 35.0 Å². The number of amides is 1. The van der Waals surface area contributed by atoms with Crippen molar-refractivity contribution in [3.05, 3.63) is 76.1 Å². The minimum atomic E-state index is -0.374. The normalized spacial score (nSPS) is 14.8. The number of nitrogens with one attached hydrogen (secondary N) is 1. The van der Waals surface area contributed by atoms with Crippen LogP contribution < -0.4 is 15.5 Å². The maximum absolute atomic E-state index is 12.7. The van der Waals surface area contributed by atoms with Crippen LogP contribution in [-0.2, 0) is 0 Å². The van der Waals surface area contributed by atoms with Crippen molar-refractivity contribution in [3.63, 3.8) is 0 Å². The molecule has 132 valence electrons.